The first-order valence-electron chi connectivity index (χ1n) is 9.17. The SMILES string of the molecule is O=C(Nc1ccc(Oc2ncnc3nc[nH]c23)cc1)c1n[nH]c2ccc(C(F)(F)F)cc12. The van der Waals surface area contributed by atoms with Crippen molar-refractivity contribution in [3.63, 3.8) is 0 Å². The summed E-state index contributed by atoms with van der Waals surface area (Å²) in [6.07, 6.45) is -1.73. The topological polar surface area (TPSA) is 121 Å². The van der Waals surface area contributed by atoms with E-state index in [2.05, 4.69) is 35.5 Å². The number of benzene rings is 2. The number of nitrogens with one attached hydrogen (secondary N) is 3. The Balaban J connectivity index is 1.34. The number of carbonyl (C=O) groups excluding carboxylic acids is 1. The van der Waals surface area contributed by atoms with Crippen LogP contribution in [0.3, 0.4) is 0 Å². The average Bonchev–Trinajstić information content (AvgIpc) is 3.41. The van der Waals surface area contributed by atoms with Crippen LogP contribution in [0.4, 0.5) is 18.9 Å². The monoisotopic (exact) mass is 439 g/mol. The summed E-state index contributed by atoms with van der Waals surface area (Å²) in [5.74, 6) is 0.0737. The number of nitrogens with zero attached hydrogens (tertiary/aromatic N) is 4. The third-order valence-electron chi connectivity index (χ3n) is 4.62. The van der Waals surface area contributed by atoms with Gasteiger partial charge >= 0.3 is 6.18 Å². The summed E-state index contributed by atoms with van der Waals surface area (Å²) >= 11 is 0. The minimum absolute atomic E-state index is 0.0737. The fourth-order valence-corrected chi connectivity index (χ4v) is 3.09. The molecule has 0 aliphatic carbocycles. The molecule has 5 aromatic rings. The molecule has 0 aliphatic rings. The lowest BCUT2D eigenvalue weighted by Crippen LogP contribution is -2.13. The van der Waals surface area contributed by atoms with Crippen LogP contribution < -0.4 is 10.1 Å². The number of amides is 1. The van der Waals surface area contributed by atoms with Crippen molar-refractivity contribution in [1.82, 2.24) is 30.1 Å². The van der Waals surface area contributed by atoms with Crippen molar-refractivity contribution in [2.24, 2.45) is 0 Å². The third kappa shape index (κ3) is 3.57. The predicted octanol–water partition coefficient (Wildman–Crippen LogP) is 4.29. The van der Waals surface area contributed by atoms with Crippen molar-refractivity contribution in [2.75, 3.05) is 5.32 Å². The molecule has 5 rings (SSSR count). The molecule has 0 fully saturated rings. The fourth-order valence-electron chi connectivity index (χ4n) is 3.09. The number of ether oxygens (including phenoxy) is 1. The van der Waals surface area contributed by atoms with Gasteiger partial charge in [0.25, 0.3) is 5.91 Å². The summed E-state index contributed by atoms with van der Waals surface area (Å²) in [4.78, 5) is 27.6. The van der Waals surface area contributed by atoms with E-state index < -0.39 is 17.6 Å². The normalized spacial score (nSPS) is 11.7. The highest BCUT2D eigenvalue weighted by atomic mass is 19.4. The Morgan fingerprint density at radius 1 is 1.03 bits per heavy atom. The maximum Gasteiger partial charge on any atom is 0.416 e. The van der Waals surface area contributed by atoms with Crippen LogP contribution >= 0.6 is 0 Å². The Bertz CT molecular complexity index is 1440. The van der Waals surface area contributed by atoms with Gasteiger partial charge in [-0.2, -0.15) is 23.3 Å². The quantitative estimate of drug-likeness (QED) is 0.384. The van der Waals surface area contributed by atoms with E-state index in [9.17, 15) is 18.0 Å². The maximum atomic E-state index is 13.0. The number of H-pyrrole nitrogens is 2. The maximum absolute atomic E-state index is 13.0. The molecule has 3 N–H and O–H groups in total. The van der Waals surface area contributed by atoms with E-state index in [1.807, 2.05) is 0 Å². The predicted molar refractivity (Wildman–Crippen MR) is 107 cm³/mol. The van der Waals surface area contributed by atoms with Crippen LogP contribution in [0.5, 0.6) is 11.6 Å². The number of aromatic nitrogens is 6. The lowest BCUT2D eigenvalue weighted by atomic mass is 10.1. The van der Waals surface area contributed by atoms with E-state index in [1.165, 1.54) is 18.7 Å². The highest BCUT2D eigenvalue weighted by Gasteiger charge is 2.31. The van der Waals surface area contributed by atoms with Crippen molar-refractivity contribution < 1.29 is 22.7 Å². The zero-order chi connectivity index (χ0) is 22.3. The zero-order valence-corrected chi connectivity index (χ0v) is 15.9. The number of imidazole rings is 1. The second-order valence-electron chi connectivity index (χ2n) is 6.69. The Hall–Kier alpha value is -4.48. The standard InChI is InChI=1S/C20H12F3N7O2/c21-20(22,23)10-1-6-14-13(7-10)15(30-29-14)18(31)28-11-2-4-12(5-3-11)32-19-16-17(25-8-24-16)26-9-27-19/h1-9H,(H,28,31)(H,29,30)(H,24,25,26,27). The summed E-state index contributed by atoms with van der Waals surface area (Å²) in [6, 6.07) is 9.41. The molecule has 160 valence electrons. The van der Waals surface area contributed by atoms with E-state index in [4.69, 9.17) is 4.74 Å². The summed E-state index contributed by atoms with van der Waals surface area (Å²) in [6.45, 7) is 0. The Morgan fingerprint density at radius 3 is 2.62 bits per heavy atom. The molecule has 12 heteroatoms. The van der Waals surface area contributed by atoms with Gasteiger partial charge in [-0.25, -0.2) is 9.97 Å². The molecule has 0 radical (unpaired) electrons. The van der Waals surface area contributed by atoms with Crippen molar-refractivity contribution in [3.8, 4) is 11.6 Å². The highest BCUT2D eigenvalue weighted by molar-refractivity contribution is 6.11. The first kappa shape index (κ1) is 19.5. The number of alkyl halides is 3. The van der Waals surface area contributed by atoms with Crippen molar-refractivity contribution in [2.45, 2.75) is 6.18 Å². The second kappa shape index (κ2) is 7.34. The van der Waals surface area contributed by atoms with Gasteiger partial charge in [-0.3, -0.25) is 9.89 Å². The Morgan fingerprint density at radius 2 is 1.84 bits per heavy atom. The lowest BCUT2D eigenvalue weighted by molar-refractivity contribution is -0.137. The number of carbonyl (C=O) groups is 1. The van der Waals surface area contributed by atoms with Gasteiger partial charge in [0.15, 0.2) is 11.3 Å². The minimum atomic E-state index is -4.53. The van der Waals surface area contributed by atoms with Crippen LogP contribution in [0.15, 0.2) is 55.1 Å². The number of hydrogen-bond donors (Lipinski definition) is 3. The highest BCUT2D eigenvalue weighted by Crippen LogP contribution is 2.32. The summed E-state index contributed by atoms with van der Waals surface area (Å²) in [7, 11) is 0. The van der Waals surface area contributed by atoms with E-state index in [0.29, 0.717) is 28.1 Å². The zero-order valence-electron chi connectivity index (χ0n) is 15.9. The molecule has 9 nitrogen and oxygen atoms in total. The largest absolute Gasteiger partial charge is 0.437 e. The van der Waals surface area contributed by atoms with Crippen LogP contribution in [0, 0.1) is 0 Å². The number of hydrogen-bond acceptors (Lipinski definition) is 6. The van der Waals surface area contributed by atoms with E-state index >= 15 is 0 Å². The van der Waals surface area contributed by atoms with Crippen LogP contribution in [0.25, 0.3) is 22.1 Å². The molecule has 1 amide bonds. The second-order valence-corrected chi connectivity index (χ2v) is 6.69. The van der Waals surface area contributed by atoms with Gasteiger partial charge in [-0.05, 0) is 42.5 Å². The van der Waals surface area contributed by atoms with Gasteiger partial charge in [0.05, 0.1) is 17.4 Å². The molecule has 0 aliphatic heterocycles. The van der Waals surface area contributed by atoms with Gasteiger partial charge in [0.1, 0.15) is 17.6 Å². The van der Waals surface area contributed by atoms with Gasteiger partial charge < -0.3 is 15.0 Å². The average molecular weight is 439 g/mol. The fraction of sp³-hybridized carbons (Fsp3) is 0.0500. The van der Waals surface area contributed by atoms with E-state index in [-0.39, 0.29) is 17.0 Å². The van der Waals surface area contributed by atoms with Crippen LogP contribution in [-0.4, -0.2) is 36.0 Å². The summed E-state index contributed by atoms with van der Waals surface area (Å²) in [5, 5.41) is 9.11. The van der Waals surface area contributed by atoms with E-state index in [0.717, 1.165) is 12.1 Å². The molecule has 0 unspecified atom stereocenters. The molecule has 3 heterocycles. The van der Waals surface area contributed by atoms with Gasteiger partial charge in [-0.15, -0.1) is 0 Å². The molecule has 3 aromatic heterocycles. The molecule has 0 spiro atoms. The van der Waals surface area contributed by atoms with Crippen LogP contribution in [0.1, 0.15) is 16.1 Å². The Labute approximate surface area is 176 Å². The smallest absolute Gasteiger partial charge is 0.416 e. The minimum Gasteiger partial charge on any atom is -0.437 e. The van der Waals surface area contributed by atoms with Crippen molar-refractivity contribution in [1.29, 1.82) is 0 Å². The van der Waals surface area contributed by atoms with Crippen LogP contribution in [-0.2, 0) is 6.18 Å². The first-order valence-corrected chi connectivity index (χ1v) is 9.17. The van der Waals surface area contributed by atoms with Crippen LogP contribution in [0.2, 0.25) is 0 Å². The molecular weight excluding hydrogens is 427 g/mol. The van der Waals surface area contributed by atoms with Gasteiger partial charge in [0.2, 0.25) is 5.88 Å². The number of halogens is 3. The summed E-state index contributed by atoms with van der Waals surface area (Å²) < 4.78 is 44.7. The van der Waals surface area contributed by atoms with E-state index in [1.54, 1.807) is 24.3 Å². The van der Waals surface area contributed by atoms with Gasteiger partial charge in [0, 0.05) is 11.1 Å². The molecule has 0 bridgehead atoms. The molecular formula is C20H12F3N7O2. The molecule has 32 heavy (non-hydrogen) atoms. The van der Waals surface area contributed by atoms with Crippen molar-refractivity contribution in [3.05, 3.63) is 66.4 Å². The number of aromatic amines is 2. The lowest BCUT2D eigenvalue weighted by Gasteiger charge is -2.08. The molecule has 0 saturated heterocycles. The number of fused-ring (bicyclic) bond motifs is 2. The third-order valence-corrected chi connectivity index (χ3v) is 4.62. The van der Waals surface area contributed by atoms with Gasteiger partial charge in [-0.1, -0.05) is 0 Å². The van der Waals surface area contributed by atoms with Crippen molar-refractivity contribution >= 4 is 33.7 Å². The first-order chi connectivity index (χ1) is 15.4. The molecule has 2 aromatic carbocycles. The Kier molecular flexibility index (Phi) is 4.47. The molecule has 0 atom stereocenters. The summed E-state index contributed by atoms with van der Waals surface area (Å²) in [5.41, 5.74) is 0.709. The number of rotatable bonds is 4. The molecule has 0 saturated carbocycles. The number of anilines is 1.